The Morgan fingerprint density at radius 2 is 1.96 bits per heavy atom. The van der Waals surface area contributed by atoms with Gasteiger partial charge in [0.25, 0.3) is 5.91 Å². The summed E-state index contributed by atoms with van der Waals surface area (Å²) in [7, 11) is 0. The summed E-state index contributed by atoms with van der Waals surface area (Å²) in [4.78, 5) is 25.9. The molecule has 0 unspecified atom stereocenters. The molecule has 1 fully saturated rings. The van der Waals surface area contributed by atoms with Gasteiger partial charge < -0.3 is 9.88 Å². The van der Waals surface area contributed by atoms with Crippen LogP contribution in [0.15, 0.2) is 36.0 Å². The highest BCUT2D eigenvalue weighted by Crippen LogP contribution is 2.26. The smallest absolute Gasteiger partial charge is 0.333 e. The molecule has 2 aromatic rings. The zero-order valence-corrected chi connectivity index (χ0v) is 14.5. The van der Waals surface area contributed by atoms with E-state index in [1.165, 1.54) is 0 Å². The van der Waals surface area contributed by atoms with Crippen molar-refractivity contribution in [2.45, 2.75) is 27.3 Å². The first-order valence-corrected chi connectivity index (χ1v) is 8.09. The Bertz CT molecular complexity index is 867. The number of hydrogen-bond acceptors (Lipinski definition) is 2. The highest BCUT2D eigenvalue weighted by Gasteiger charge is 2.35. The predicted octanol–water partition coefficient (Wildman–Crippen LogP) is 3.88. The highest BCUT2D eigenvalue weighted by atomic mass is 35.5. The number of amides is 3. The fourth-order valence-corrected chi connectivity index (χ4v) is 3.19. The van der Waals surface area contributed by atoms with Crippen LogP contribution < -0.4 is 10.2 Å². The first-order chi connectivity index (χ1) is 11.4. The molecule has 0 aliphatic carbocycles. The van der Waals surface area contributed by atoms with Gasteiger partial charge >= 0.3 is 6.03 Å². The maximum absolute atomic E-state index is 12.6. The molecule has 0 bridgehead atoms. The summed E-state index contributed by atoms with van der Waals surface area (Å²) in [6, 6.07) is 8.19. The van der Waals surface area contributed by atoms with Gasteiger partial charge in [-0.2, -0.15) is 0 Å². The van der Waals surface area contributed by atoms with Crippen molar-refractivity contribution >= 4 is 35.3 Å². The summed E-state index contributed by atoms with van der Waals surface area (Å²) < 4.78 is 2.16. The van der Waals surface area contributed by atoms with Gasteiger partial charge in [0.15, 0.2) is 0 Å². The Balaban J connectivity index is 1.97. The summed E-state index contributed by atoms with van der Waals surface area (Å²) in [5, 5.41) is 3.11. The van der Waals surface area contributed by atoms with Crippen LogP contribution in [0, 0.1) is 13.8 Å². The molecule has 2 heterocycles. The molecule has 3 amide bonds. The SMILES string of the molecule is CCn1c(C)cc(/C=C2\NC(=O)N(c3cccc(Cl)c3)C2=O)c1C. The number of carbonyl (C=O) groups excluding carboxylic acids is 2. The molecular formula is C18H18ClN3O2. The number of rotatable bonds is 3. The minimum atomic E-state index is -0.474. The van der Waals surface area contributed by atoms with Gasteiger partial charge in [0.05, 0.1) is 5.69 Å². The molecule has 1 saturated heterocycles. The summed E-state index contributed by atoms with van der Waals surface area (Å²) in [6.45, 7) is 6.95. The molecule has 1 aromatic carbocycles. The second-order valence-electron chi connectivity index (χ2n) is 5.68. The lowest BCUT2D eigenvalue weighted by atomic mass is 10.2. The van der Waals surface area contributed by atoms with Crippen molar-refractivity contribution < 1.29 is 9.59 Å². The van der Waals surface area contributed by atoms with Gasteiger partial charge in [0.1, 0.15) is 5.70 Å². The quantitative estimate of drug-likeness (QED) is 0.679. The number of benzene rings is 1. The minimum absolute atomic E-state index is 0.260. The number of aryl methyl sites for hydroxylation is 1. The molecule has 0 atom stereocenters. The summed E-state index contributed by atoms with van der Waals surface area (Å²) >= 11 is 5.95. The van der Waals surface area contributed by atoms with Gasteiger partial charge in [0, 0.05) is 23.0 Å². The largest absolute Gasteiger partial charge is 0.349 e. The van der Waals surface area contributed by atoms with E-state index in [-0.39, 0.29) is 11.6 Å². The molecule has 0 saturated carbocycles. The van der Waals surface area contributed by atoms with Crippen molar-refractivity contribution in [1.82, 2.24) is 9.88 Å². The molecule has 0 radical (unpaired) electrons. The van der Waals surface area contributed by atoms with Gasteiger partial charge in [-0.1, -0.05) is 17.7 Å². The normalized spacial score (nSPS) is 16.2. The number of nitrogens with one attached hydrogen (secondary N) is 1. The van der Waals surface area contributed by atoms with Crippen LogP contribution in [0.25, 0.3) is 6.08 Å². The van der Waals surface area contributed by atoms with Crippen molar-refractivity contribution in [3.63, 3.8) is 0 Å². The summed E-state index contributed by atoms with van der Waals surface area (Å²) in [6.07, 6.45) is 1.72. The average molecular weight is 344 g/mol. The van der Waals surface area contributed by atoms with Crippen LogP contribution in [0.2, 0.25) is 5.02 Å². The Morgan fingerprint density at radius 3 is 2.58 bits per heavy atom. The monoisotopic (exact) mass is 343 g/mol. The topological polar surface area (TPSA) is 54.3 Å². The lowest BCUT2D eigenvalue weighted by molar-refractivity contribution is -0.113. The first kappa shape index (κ1) is 16.3. The number of hydrogen-bond donors (Lipinski definition) is 1. The first-order valence-electron chi connectivity index (χ1n) is 7.71. The van der Waals surface area contributed by atoms with E-state index in [0.717, 1.165) is 28.4 Å². The van der Waals surface area contributed by atoms with Crippen LogP contribution >= 0.6 is 11.6 Å². The third-order valence-corrected chi connectivity index (χ3v) is 4.41. The van der Waals surface area contributed by atoms with Gasteiger partial charge in [0.2, 0.25) is 0 Å². The van der Waals surface area contributed by atoms with Crippen LogP contribution in [0.1, 0.15) is 23.9 Å². The number of aromatic nitrogens is 1. The summed E-state index contributed by atoms with van der Waals surface area (Å²) in [5.74, 6) is -0.386. The Labute approximate surface area is 145 Å². The zero-order valence-electron chi connectivity index (χ0n) is 13.8. The van der Waals surface area contributed by atoms with Gasteiger partial charge in [-0.25, -0.2) is 9.69 Å². The Kier molecular flexibility index (Phi) is 4.20. The van der Waals surface area contributed by atoms with Gasteiger partial charge in [-0.3, -0.25) is 4.79 Å². The van der Waals surface area contributed by atoms with Crippen molar-refractivity contribution in [2.75, 3.05) is 4.90 Å². The fraction of sp³-hybridized carbons (Fsp3) is 0.222. The van der Waals surface area contributed by atoms with E-state index in [0.29, 0.717) is 10.7 Å². The Morgan fingerprint density at radius 1 is 1.21 bits per heavy atom. The van der Waals surface area contributed by atoms with Crippen LogP contribution in [0.5, 0.6) is 0 Å². The van der Waals surface area contributed by atoms with Crippen molar-refractivity contribution in [3.8, 4) is 0 Å². The highest BCUT2D eigenvalue weighted by molar-refractivity contribution is 6.32. The molecule has 0 spiro atoms. The Hall–Kier alpha value is -2.53. The van der Waals surface area contributed by atoms with Crippen LogP contribution in [0.4, 0.5) is 10.5 Å². The van der Waals surface area contributed by atoms with E-state index < -0.39 is 6.03 Å². The molecule has 6 heteroatoms. The van der Waals surface area contributed by atoms with E-state index in [2.05, 4.69) is 16.8 Å². The van der Waals surface area contributed by atoms with E-state index in [9.17, 15) is 9.59 Å². The number of halogens is 1. The van der Waals surface area contributed by atoms with E-state index in [1.54, 1.807) is 30.3 Å². The van der Waals surface area contributed by atoms with Crippen LogP contribution in [0.3, 0.4) is 0 Å². The maximum Gasteiger partial charge on any atom is 0.333 e. The molecular weight excluding hydrogens is 326 g/mol. The van der Waals surface area contributed by atoms with Crippen molar-refractivity contribution in [2.24, 2.45) is 0 Å². The van der Waals surface area contributed by atoms with E-state index >= 15 is 0 Å². The minimum Gasteiger partial charge on any atom is -0.349 e. The van der Waals surface area contributed by atoms with Crippen molar-refractivity contribution in [3.05, 3.63) is 58.0 Å². The number of anilines is 1. The molecule has 3 rings (SSSR count). The van der Waals surface area contributed by atoms with Crippen LogP contribution in [-0.4, -0.2) is 16.5 Å². The second-order valence-corrected chi connectivity index (χ2v) is 6.12. The number of nitrogens with zero attached hydrogens (tertiary/aromatic N) is 2. The molecule has 24 heavy (non-hydrogen) atoms. The van der Waals surface area contributed by atoms with Crippen LogP contribution in [-0.2, 0) is 11.3 Å². The zero-order chi connectivity index (χ0) is 17.4. The molecule has 1 aromatic heterocycles. The predicted molar refractivity (Wildman–Crippen MR) is 95.0 cm³/mol. The average Bonchev–Trinajstić information content (AvgIpc) is 2.95. The second kappa shape index (κ2) is 6.17. The number of carbonyl (C=O) groups is 2. The molecule has 5 nitrogen and oxygen atoms in total. The summed E-state index contributed by atoms with van der Waals surface area (Å²) in [5.41, 5.74) is 3.81. The van der Waals surface area contributed by atoms with E-state index in [4.69, 9.17) is 11.6 Å². The van der Waals surface area contributed by atoms with Crippen molar-refractivity contribution in [1.29, 1.82) is 0 Å². The molecule has 1 aliphatic heterocycles. The number of imide groups is 1. The van der Waals surface area contributed by atoms with E-state index in [1.807, 2.05) is 19.9 Å². The van der Waals surface area contributed by atoms with Gasteiger partial charge in [-0.05, 0) is 56.7 Å². The maximum atomic E-state index is 12.6. The fourth-order valence-electron chi connectivity index (χ4n) is 3.00. The standard InChI is InChI=1S/C18H18ClN3O2/c1-4-21-11(2)8-13(12(21)3)9-16-17(23)22(18(24)20-16)15-7-5-6-14(19)10-15/h5-10H,4H2,1-3H3,(H,20,24)/b16-9-. The third-order valence-electron chi connectivity index (χ3n) is 4.17. The third kappa shape index (κ3) is 2.71. The number of urea groups is 1. The molecule has 1 N–H and O–H groups in total. The van der Waals surface area contributed by atoms with Gasteiger partial charge in [-0.15, -0.1) is 0 Å². The lowest BCUT2D eigenvalue weighted by Gasteiger charge is -2.11. The molecule has 124 valence electrons. The lowest BCUT2D eigenvalue weighted by Crippen LogP contribution is -2.30. The molecule has 1 aliphatic rings.